The molecule has 4 nitrogen and oxygen atoms in total. The summed E-state index contributed by atoms with van der Waals surface area (Å²) in [5.41, 5.74) is -0.733. The summed E-state index contributed by atoms with van der Waals surface area (Å²) in [6.07, 6.45) is -0.267. The van der Waals surface area contributed by atoms with E-state index < -0.39 is 11.5 Å². The van der Waals surface area contributed by atoms with Gasteiger partial charge in [-0.15, -0.1) is 22.7 Å². The van der Waals surface area contributed by atoms with Gasteiger partial charge in [-0.05, 0) is 41.1 Å². The van der Waals surface area contributed by atoms with Gasteiger partial charge in [0.25, 0.3) is 5.91 Å². The van der Waals surface area contributed by atoms with Gasteiger partial charge in [-0.25, -0.2) is 0 Å². The third kappa shape index (κ3) is 2.95. The second kappa shape index (κ2) is 6.74. The van der Waals surface area contributed by atoms with E-state index in [1.54, 1.807) is 45.9 Å². The number of ketones is 1. The van der Waals surface area contributed by atoms with E-state index in [-0.39, 0.29) is 12.2 Å². The van der Waals surface area contributed by atoms with E-state index >= 15 is 0 Å². The molecular weight excluding hydrogens is 434 g/mol. The van der Waals surface area contributed by atoms with Gasteiger partial charge < -0.3 is 10.0 Å². The molecule has 2 aromatic heterocycles. The Hall–Kier alpha value is -1.80. The number of carbonyl (C=O) groups is 2. The summed E-state index contributed by atoms with van der Waals surface area (Å²) in [4.78, 5) is 28.9. The van der Waals surface area contributed by atoms with Gasteiger partial charge in [-0.2, -0.15) is 0 Å². The summed E-state index contributed by atoms with van der Waals surface area (Å²) < 4.78 is 0.754. The highest BCUT2D eigenvalue weighted by Crippen LogP contribution is 2.45. The average molecular weight is 448 g/mol. The number of hydrogen-bond donors (Lipinski definition) is 1. The quantitative estimate of drug-likeness (QED) is 0.582. The van der Waals surface area contributed by atoms with Crippen molar-refractivity contribution in [2.75, 3.05) is 4.90 Å². The highest BCUT2D eigenvalue weighted by molar-refractivity contribution is 9.10. The first-order chi connectivity index (χ1) is 12.5. The van der Waals surface area contributed by atoms with Crippen LogP contribution in [0.3, 0.4) is 0 Å². The van der Waals surface area contributed by atoms with Crippen LogP contribution in [0.1, 0.15) is 26.5 Å². The highest BCUT2D eigenvalue weighted by atomic mass is 79.9. The van der Waals surface area contributed by atoms with E-state index in [1.165, 1.54) is 11.3 Å². The monoisotopic (exact) mass is 447 g/mol. The number of amides is 1. The minimum absolute atomic E-state index is 0.236. The van der Waals surface area contributed by atoms with Crippen molar-refractivity contribution in [1.82, 2.24) is 0 Å². The SMILES string of the molecule is O=C(C[C@]1(O)C(=O)N(Cc2cccs2)c2ccc(Br)cc21)c1cccs1. The maximum atomic E-state index is 13.1. The van der Waals surface area contributed by atoms with Crippen molar-refractivity contribution >= 4 is 56.0 Å². The van der Waals surface area contributed by atoms with Crippen molar-refractivity contribution in [3.63, 3.8) is 0 Å². The lowest BCUT2D eigenvalue weighted by atomic mass is 9.89. The first-order valence-corrected chi connectivity index (χ1v) is 10.5. The molecule has 4 rings (SSSR count). The van der Waals surface area contributed by atoms with E-state index in [1.807, 2.05) is 23.6 Å². The predicted molar refractivity (Wildman–Crippen MR) is 107 cm³/mol. The van der Waals surface area contributed by atoms with E-state index in [4.69, 9.17) is 0 Å². The fraction of sp³-hybridized carbons (Fsp3) is 0.158. The summed E-state index contributed by atoms with van der Waals surface area (Å²) in [6, 6.07) is 12.7. The van der Waals surface area contributed by atoms with Crippen molar-refractivity contribution in [1.29, 1.82) is 0 Å². The number of nitrogens with zero attached hydrogens (tertiary/aromatic N) is 1. The molecule has 0 unspecified atom stereocenters. The Bertz CT molecular complexity index is 969. The molecule has 0 aliphatic carbocycles. The molecule has 1 amide bonds. The number of thiophene rings is 2. The Morgan fingerprint density at radius 1 is 1.15 bits per heavy atom. The number of rotatable bonds is 5. The molecular formula is C19H14BrNO3S2. The molecule has 0 saturated carbocycles. The minimum Gasteiger partial charge on any atom is -0.375 e. The number of hydrogen-bond acceptors (Lipinski definition) is 5. The molecule has 0 spiro atoms. The number of fused-ring (bicyclic) bond motifs is 1. The molecule has 3 heterocycles. The Morgan fingerprint density at radius 2 is 1.92 bits per heavy atom. The zero-order valence-corrected chi connectivity index (χ0v) is 16.7. The lowest BCUT2D eigenvalue weighted by Crippen LogP contribution is -2.41. The Morgan fingerprint density at radius 3 is 2.62 bits per heavy atom. The van der Waals surface area contributed by atoms with Crippen LogP contribution in [0.15, 0.2) is 57.7 Å². The Kier molecular flexibility index (Phi) is 4.56. The van der Waals surface area contributed by atoms with Gasteiger partial charge in [-0.3, -0.25) is 9.59 Å². The first-order valence-electron chi connectivity index (χ1n) is 7.92. The largest absolute Gasteiger partial charge is 0.375 e. The number of Topliss-reactive ketones (excluding diaryl/α,β-unsaturated/α-hetero) is 1. The van der Waals surface area contributed by atoms with Crippen LogP contribution in [0.2, 0.25) is 0 Å². The van der Waals surface area contributed by atoms with Crippen molar-refractivity contribution in [3.05, 3.63) is 73.0 Å². The number of aliphatic hydroxyl groups is 1. The number of halogens is 1. The number of anilines is 1. The van der Waals surface area contributed by atoms with Crippen LogP contribution < -0.4 is 4.90 Å². The van der Waals surface area contributed by atoms with Gasteiger partial charge in [0.05, 0.1) is 23.5 Å². The molecule has 0 bridgehead atoms. The molecule has 0 saturated heterocycles. The van der Waals surface area contributed by atoms with Crippen molar-refractivity contribution in [3.8, 4) is 0 Å². The van der Waals surface area contributed by atoms with Crippen LogP contribution in [-0.4, -0.2) is 16.8 Å². The molecule has 0 radical (unpaired) electrons. The van der Waals surface area contributed by atoms with Crippen molar-refractivity contribution in [2.45, 2.75) is 18.6 Å². The van der Waals surface area contributed by atoms with Gasteiger partial charge in [0.1, 0.15) is 0 Å². The van der Waals surface area contributed by atoms with Gasteiger partial charge in [-0.1, -0.05) is 28.1 Å². The zero-order valence-electron chi connectivity index (χ0n) is 13.5. The summed E-state index contributed by atoms with van der Waals surface area (Å²) in [5, 5.41) is 15.0. The summed E-state index contributed by atoms with van der Waals surface area (Å²) >= 11 is 6.26. The number of carbonyl (C=O) groups excluding carboxylic acids is 2. The lowest BCUT2D eigenvalue weighted by molar-refractivity contribution is -0.136. The zero-order chi connectivity index (χ0) is 18.3. The molecule has 26 heavy (non-hydrogen) atoms. The predicted octanol–water partition coefficient (Wildman–Crippen LogP) is 4.58. The van der Waals surface area contributed by atoms with E-state index in [2.05, 4.69) is 15.9 Å². The third-order valence-corrected chi connectivity index (χ3v) is 6.67. The Balaban J connectivity index is 1.74. The van der Waals surface area contributed by atoms with E-state index in [0.29, 0.717) is 22.7 Å². The van der Waals surface area contributed by atoms with Crippen molar-refractivity contribution < 1.29 is 14.7 Å². The third-order valence-electron chi connectivity index (χ3n) is 4.40. The summed E-state index contributed by atoms with van der Waals surface area (Å²) in [7, 11) is 0. The molecule has 3 aromatic rings. The molecule has 1 N–H and O–H groups in total. The molecule has 0 fully saturated rings. The normalized spacial score (nSPS) is 19.0. The topological polar surface area (TPSA) is 57.6 Å². The van der Waals surface area contributed by atoms with Gasteiger partial charge >= 0.3 is 0 Å². The van der Waals surface area contributed by atoms with Crippen LogP contribution in [0, 0.1) is 0 Å². The lowest BCUT2D eigenvalue weighted by Gasteiger charge is -2.22. The fourth-order valence-electron chi connectivity index (χ4n) is 3.17. The maximum absolute atomic E-state index is 13.1. The van der Waals surface area contributed by atoms with Crippen LogP contribution in [0.4, 0.5) is 5.69 Å². The molecule has 1 aromatic carbocycles. The van der Waals surface area contributed by atoms with E-state index in [9.17, 15) is 14.7 Å². The Labute approximate surface area is 166 Å². The average Bonchev–Trinajstić information content (AvgIpc) is 3.35. The maximum Gasteiger partial charge on any atom is 0.264 e. The molecule has 1 aliphatic heterocycles. The standard InChI is InChI=1S/C19H14BrNO3S2/c20-12-5-6-15-14(9-12)19(24,10-16(22)17-4-2-8-26-17)18(23)21(15)11-13-3-1-7-25-13/h1-9,24H,10-11H2/t19-/m1/s1. The van der Waals surface area contributed by atoms with Gasteiger partial charge in [0.15, 0.2) is 11.4 Å². The minimum atomic E-state index is -1.85. The first kappa shape index (κ1) is 17.6. The van der Waals surface area contributed by atoms with E-state index in [0.717, 1.165) is 9.35 Å². The van der Waals surface area contributed by atoms with Crippen molar-refractivity contribution in [2.24, 2.45) is 0 Å². The van der Waals surface area contributed by atoms with Gasteiger partial charge in [0.2, 0.25) is 0 Å². The van der Waals surface area contributed by atoms with Crippen LogP contribution >= 0.6 is 38.6 Å². The van der Waals surface area contributed by atoms with Crippen LogP contribution in [0.5, 0.6) is 0 Å². The second-order valence-electron chi connectivity index (χ2n) is 6.07. The summed E-state index contributed by atoms with van der Waals surface area (Å²) in [5.74, 6) is -0.691. The smallest absolute Gasteiger partial charge is 0.264 e. The van der Waals surface area contributed by atoms with Gasteiger partial charge in [0, 0.05) is 14.9 Å². The second-order valence-corrected chi connectivity index (χ2v) is 8.97. The van der Waals surface area contributed by atoms with Crippen LogP contribution in [-0.2, 0) is 16.9 Å². The highest BCUT2D eigenvalue weighted by Gasteiger charge is 2.51. The molecule has 132 valence electrons. The molecule has 7 heteroatoms. The number of benzene rings is 1. The fourth-order valence-corrected chi connectivity index (χ4v) is 4.88. The molecule has 1 atom stereocenters. The summed E-state index contributed by atoms with van der Waals surface area (Å²) in [6.45, 7) is 0.376. The molecule has 1 aliphatic rings. The van der Waals surface area contributed by atoms with Crippen LogP contribution in [0.25, 0.3) is 0 Å².